The van der Waals surface area contributed by atoms with Gasteiger partial charge in [0.25, 0.3) is 0 Å². The van der Waals surface area contributed by atoms with Gasteiger partial charge in [0.1, 0.15) is 0 Å². The first-order valence-electron chi connectivity index (χ1n) is 3.52. The summed E-state index contributed by atoms with van der Waals surface area (Å²) in [4.78, 5) is 0. The molecular weight excluding hydrogens is 350 g/mol. The Morgan fingerprint density at radius 1 is 1.60 bits per heavy atom. The minimum atomic E-state index is 0.864. The van der Waals surface area contributed by atoms with Gasteiger partial charge in [0.2, 0.25) is 0 Å². The smallest absolute Gasteiger partial charge is 0.000208 e. The summed E-state index contributed by atoms with van der Waals surface area (Å²) < 4.78 is 3.47. The van der Waals surface area contributed by atoms with E-state index in [2.05, 4.69) is 63.1 Å². The van der Waals surface area contributed by atoms with Gasteiger partial charge >= 0.3 is 0 Å². The highest BCUT2D eigenvalue weighted by atomic mass is 127. The highest BCUT2D eigenvalue weighted by Gasteiger charge is 2.00. The molecule has 0 radical (unpaired) electrons. The van der Waals surface area contributed by atoms with Crippen LogP contribution in [-0.4, -0.2) is 4.43 Å². The summed E-state index contributed by atoms with van der Waals surface area (Å²) in [5, 5.41) is 0. The molecule has 0 aromatic heterocycles. The fourth-order valence-electron chi connectivity index (χ4n) is 0.883. The van der Waals surface area contributed by atoms with Crippen LogP contribution in [0.3, 0.4) is 0 Å². The standard InChI is InChI=1S/C8H14I2/c1-7(3-4-9)5-8(2)6-10/h6-7H,3-5H2,1-2H3/b8-6+/t7-/m1/s1. The molecule has 0 aliphatic rings. The molecule has 0 bridgehead atoms. The lowest BCUT2D eigenvalue weighted by Gasteiger charge is -2.08. The monoisotopic (exact) mass is 364 g/mol. The van der Waals surface area contributed by atoms with Gasteiger partial charge in [-0.15, -0.1) is 0 Å². The molecule has 0 N–H and O–H groups in total. The van der Waals surface area contributed by atoms with Crippen molar-refractivity contribution in [2.24, 2.45) is 5.92 Å². The first-order chi connectivity index (χ1) is 4.70. The zero-order valence-corrected chi connectivity index (χ0v) is 10.8. The molecule has 10 heavy (non-hydrogen) atoms. The average molecular weight is 364 g/mol. The zero-order valence-electron chi connectivity index (χ0n) is 6.53. The largest absolute Gasteiger partial charge is 0.0864 e. The Labute approximate surface area is 91.1 Å². The van der Waals surface area contributed by atoms with E-state index < -0.39 is 0 Å². The molecular formula is C8H14I2. The summed E-state index contributed by atoms with van der Waals surface area (Å²) in [5.74, 6) is 0.864. The third-order valence-corrected chi connectivity index (χ3v) is 3.14. The van der Waals surface area contributed by atoms with Gasteiger partial charge in [-0.05, 0) is 34.2 Å². The third-order valence-electron chi connectivity index (χ3n) is 1.46. The number of alkyl halides is 1. The fourth-order valence-corrected chi connectivity index (χ4v) is 2.20. The van der Waals surface area contributed by atoms with E-state index in [1.807, 2.05) is 0 Å². The molecule has 0 aliphatic heterocycles. The van der Waals surface area contributed by atoms with E-state index in [1.165, 1.54) is 22.8 Å². The van der Waals surface area contributed by atoms with Gasteiger partial charge in [0.05, 0.1) is 0 Å². The Kier molecular flexibility index (Phi) is 7.71. The van der Waals surface area contributed by atoms with Crippen molar-refractivity contribution in [2.45, 2.75) is 26.7 Å². The maximum atomic E-state index is 2.44. The first-order valence-corrected chi connectivity index (χ1v) is 6.29. The highest BCUT2D eigenvalue weighted by molar-refractivity contribution is 14.1. The van der Waals surface area contributed by atoms with Gasteiger partial charge in [-0.2, -0.15) is 0 Å². The van der Waals surface area contributed by atoms with E-state index >= 15 is 0 Å². The SMILES string of the molecule is C/C(=C\I)C[C@H](C)CCI. The highest BCUT2D eigenvalue weighted by Crippen LogP contribution is 2.16. The molecule has 0 rings (SSSR count). The second-order valence-electron chi connectivity index (χ2n) is 2.74. The van der Waals surface area contributed by atoms with E-state index in [9.17, 15) is 0 Å². The topological polar surface area (TPSA) is 0 Å². The summed E-state index contributed by atoms with van der Waals surface area (Å²) in [7, 11) is 0. The fraction of sp³-hybridized carbons (Fsp3) is 0.750. The zero-order chi connectivity index (χ0) is 7.98. The summed E-state index contributed by atoms with van der Waals surface area (Å²) in [6.45, 7) is 4.53. The van der Waals surface area contributed by atoms with E-state index in [0.29, 0.717) is 0 Å². The summed E-state index contributed by atoms with van der Waals surface area (Å²) in [5.41, 5.74) is 1.51. The Morgan fingerprint density at radius 3 is 2.60 bits per heavy atom. The Hall–Kier alpha value is 1.20. The van der Waals surface area contributed by atoms with E-state index in [1.54, 1.807) is 0 Å². The predicted molar refractivity (Wildman–Crippen MR) is 65.1 cm³/mol. The molecule has 2 heteroatoms. The number of hydrogen-bond acceptors (Lipinski definition) is 0. The first kappa shape index (κ1) is 11.2. The summed E-state index contributed by atoms with van der Waals surface area (Å²) in [6.07, 6.45) is 2.62. The lowest BCUT2D eigenvalue weighted by molar-refractivity contribution is 0.566. The van der Waals surface area contributed by atoms with Crippen LogP contribution in [0.25, 0.3) is 0 Å². The van der Waals surface area contributed by atoms with E-state index in [0.717, 1.165) is 5.92 Å². The maximum absolute atomic E-state index is 2.44. The molecule has 0 spiro atoms. The van der Waals surface area contributed by atoms with Crippen molar-refractivity contribution in [1.82, 2.24) is 0 Å². The molecule has 0 amide bonds. The minimum absolute atomic E-state index is 0.864. The van der Waals surface area contributed by atoms with Gasteiger partial charge in [-0.1, -0.05) is 57.7 Å². The van der Waals surface area contributed by atoms with E-state index in [4.69, 9.17) is 0 Å². The van der Waals surface area contributed by atoms with Crippen LogP contribution in [0.2, 0.25) is 0 Å². The van der Waals surface area contributed by atoms with Crippen LogP contribution in [-0.2, 0) is 0 Å². The van der Waals surface area contributed by atoms with Crippen LogP contribution < -0.4 is 0 Å². The second-order valence-corrected chi connectivity index (χ2v) is 4.44. The predicted octanol–water partition coefficient (Wildman–Crippen LogP) is 4.18. The normalized spacial score (nSPS) is 15.4. The number of halogens is 2. The molecule has 0 saturated heterocycles. The Morgan fingerprint density at radius 2 is 2.20 bits per heavy atom. The molecule has 60 valence electrons. The van der Waals surface area contributed by atoms with Crippen molar-refractivity contribution in [3.8, 4) is 0 Å². The van der Waals surface area contributed by atoms with Crippen LogP contribution in [0.1, 0.15) is 26.7 Å². The van der Waals surface area contributed by atoms with Gasteiger partial charge in [0, 0.05) is 0 Å². The van der Waals surface area contributed by atoms with Crippen molar-refractivity contribution in [2.75, 3.05) is 4.43 Å². The average Bonchev–Trinajstić information content (AvgIpc) is 1.88. The third kappa shape index (κ3) is 5.95. The Balaban J connectivity index is 3.47. The molecule has 0 nitrogen and oxygen atoms in total. The van der Waals surface area contributed by atoms with Crippen LogP contribution in [0.5, 0.6) is 0 Å². The van der Waals surface area contributed by atoms with Crippen LogP contribution in [0.4, 0.5) is 0 Å². The van der Waals surface area contributed by atoms with Gasteiger partial charge in [-0.3, -0.25) is 0 Å². The van der Waals surface area contributed by atoms with Crippen molar-refractivity contribution in [1.29, 1.82) is 0 Å². The number of rotatable bonds is 4. The van der Waals surface area contributed by atoms with Crippen LogP contribution in [0.15, 0.2) is 9.66 Å². The Bertz CT molecular complexity index is 108. The van der Waals surface area contributed by atoms with E-state index in [-0.39, 0.29) is 0 Å². The van der Waals surface area contributed by atoms with Crippen molar-refractivity contribution in [3.05, 3.63) is 9.66 Å². The maximum Gasteiger partial charge on any atom is -0.000208 e. The van der Waals surface area contributed by atoms with Crippen molar-refractivity contribution >= 4 is 45.2 Å². The molecule has 0 aromatic carbocycles. The molecule has 0 heterocycles. The van der Waals surface area contributed by atoms with Crippen LogP contribution in [0, 0.1) is 5.92 Å². The molecule has 1 atom stereocenters. The van der Waals surface area contributed by atoms with Gasteiger partial charge in [-0.25, -0.2) is 0 Å². The lowest BCUT2D eigenvalue weighted by atomic mass is 10.0. The van der Waals surface area contributed by atoms with Gasteiger partial charge < -0.3 is 0 Å². The minimum Gasteiger partial charge on any atom is -0.0864 e. The second kappa shape index (κ2) is 6.88. The van der Waals surface area contributed by atoms with Crippen LogP contribution >= 0.6 is 45.2 Å². The molecule has 0 unspecified atom stereocenters. The number of allylic oxidation sites excluding steroid dienone is 1. The molecule has 0 saturated carbocycles. The summed E-state index contributed by atoms with van der Waals surface area (Å²) >= 11 is 4.75. The molecule has 0 aromatic rings. The summed E-state index contributed by atoms with van der Waals surface area (Å²) in [6, 6.07) is 0. The van der Waals surface area contributed by atoms with Crippen molar-refractivity contribution < 1.29 is 0 Å². The van der Waals surface area contributed by atoms with Crippen molar-refractivity contribution in [3.63, 3.8) is 0 Å². The quantitative estimate of drug-likeness (QED) is 0.519. The molecule has 0 aliphatic carbocycles. The number of hydrogen-bond donors (Lipinski definition) is 0. The van der Waals surface area contributed by atoms with Gasteiger partial charge in [0.15, 0.2) is 0 Å². The molecule has 0 fully saturated rings. The lowest BCUT2D eigenvalue weighted by Crippen LogP contribution is -1.95.